The third kappa shape index (κ3) is 2.90. The molecule has 124 valence electrons. The Labute approximate surface area is 139 Å². The second kappa shape index (κ2) is 6.09. The molecular weight excluding hydrogens is 306 g/mol. The van der Waals surface area contributed by atoms with Gasteiger partial charge in [-0.25, -0.2) is 0 Å². The lowest BCUT2D eigenvalue weighted by molar-refractivity contribution is 0.147. The monoisotopic (exact) mass is 325 g/mol. The second-order valence-electron chi connectivity index (χ2n) is 6.24. The Morgan fingerprint density at radius 1 is 1.29 bits per heavy atom. The Kier molecular flexibility index (Phi) is 3.78. The van der Waals surface area contributed by atoms with Crippen molar-refractivity contribution >= 4 is 5.95 Å². The molecule has 1 aliphatic rings. The van der Waals surface area contributed by atoms with Crippen LogP contribution in [-0.4, -0.2) is 44.6 Å². The van der Waals surface area contributed by atoms with Crippen molar-refractivity contribution in [2.24, 2.45) is 5.92 Å². The molecule has 4 rings (SSSR count). The maximum absolute atomic E-state index is 10.3. The lowest BCUT2D eigenvalue weighted by Crippen LogP contribution is -2.22. The molecule has 7 heteroatoms. The van der Waals surface area contributed by atoms with E-state index in [-0.39, 0.29) is 5.92 Å². The van der Waals surface area contributed by atoms with Gasteiger partial charge in [0, 0.05) is 30.3 Å². The number of hydrogen-bond donors (Lipinski definition) is 2. The van der Waals surface area contributed by atoms with E-state index >= 15 is 0 Å². The average molecular weight is 325 g/mol. The topological polar surface area (TPSA) is 91.1 Å². The molecular formula is C17H19N5O2. The standard InChI is InChI=1S/C17H19N5O2/c1-11-7-14(20-19-11)8-13-9-22(10-15(13)23)17-18-16(24-21-17)12-5-3-2-4-6-12/h2-7,13,15,23H,8-10H2,1H3,(H,19,20)/t13-,15-/m1/s1. The predicted molar refractivity (Wildman–Crippen MR) is 88.5 cm³/mol. The van der Waals surface area contributed by atoms with Crippen LogP contribution < -0.4 is 4.90 Å². The van der Waals surface area contributed by atoms with Gasteiger partial charge in [0.25, 0.3) is 11.8 Å². The summed E-state index contributed by atoms with van der Waals surface area (Å²) in [6.07, 6.45) is 0.298. The summed E-state index contributed by atoms with van der Waals surface area (Å²) in [6, 6.07) is 11.7. The number of nitrogens with one attached hydrogen (secondary N) is 1. The Morgan fingerprint density at radius 2 is 2.12 bits per heavy atom. The van der Waals surface area contributed by atoms with Crippen LogP contribution >= 0.6 is 0 Å². The van der Waals surface area contributed by atoms with Gasteiger partial charge in [0.05, 0.1) is 11.8 Å². The largest absolute Gasteiger partial charge is 0.391 e. The number of benzene rings is 1. The van der Waals surface area contributed by atoms with Crippen LogP contribution in [0, 0.1) is 12.8 Å². The smallest absolute Gasteiger partial charge is 0.266 e. The molecule has 0 saturated carbocycles. The minimum atomic E-state index is -0.430. The zero-order valence-electron chi connectivity index (χ0n) is 13.4. The van der Waals surface area contributed by atoms with Gasteiger partial charge in [-0.3, -0.25) is 5.10 Å². The SMILES string of the molecule is Cc1cc(C[C@@H]2CN(c3noc(-c4ccccc4)n3)C[C@H]2O)n[nH]1. The van der Waals surface area contributed by atoms with Gasteiger partial charge in [0.2, 0.25) is 0 Å². The number of β-amino-alcohol motifs (C(OH)–C–C–N with tert-alkyl or cyclic N) is 1. The highest BCUT2D eigenvalue weighted by molar-refractivity contribution is 5.54. The Balaban J connectivity index is 1.47. The van der Waals surface area contributed by atoms with Gasteiger partial charge in [-0.05, 0) is 36.7 Å². The van der Waals surface area contributed by atoms with Gasteiger partial charge in [-0.1, -0.05) is 18.2 Å². The van der Waals surface area contributed by atoms with Crippen LogP contribution in [0.5, 0.6) is 0 Å². The molecule has 0 spiro atoms. The lowest BCUT2D eigenvalue weighted by Gasteiger charge is -2.12. The van der Waals surface area contributed by atoms with Crippen LogP contribution in [0.15, 0.2) is 40.9 Å². The first-order chi connectivity index (χ1) is 11.7. The minimum Gasteiger partial charge on any atom is -0.391 e. The summed E-state index contributed by atoms with van der Waals surface area (Å²) < 4.78 is 5.35. The molecule has 1 aromatic carbocycles. The zero-order valence-corrected chi connectivity index (χ0v) is 13.4. The van der Waals surface area contributed by atoms with E-state index in [9.17, 15) is 5.11 Å². The maximum atomic E-state index is 10.3. The molecule has 7 nitrogen and oxygen atoms in total. The summed E-state index contributed by atoms with van der Waals surface area (Å²) in [5, 5.41) is 21.6. The zero-order chi connectivity index (χ0) is 16.5. The molecule has 2 atom stereocenters. The number of hydrogen-bond acceptors (Lipinski definition) is 6. The normalized spacial score (nSPS) is 20.7. The fraction of sp³-hybridized carbons (Fsp3) is 0.353. The first kappa shape index (κ1) is 14.9. The van der Waals surface area contributed by atoms with E-state index in [1.807, 2.05) is 48.2 Å². The van der Waals surface area contributed by atoms with Crippen LogP contribution in [0.25, 0.3) is 11.5 Å². The van der Waals surface area contributed by atoms with Gasteiger partial charge in [0.1, 0.15) is 0 Å². The first-order valence-electron chi connectivity index (χ1n) is 8.02. The molecule has 0 bridgehead atoms. The molecule has 0 radical (unpaired) electrons. The van der Waals surface area contributed by atoms with Gasteiger partial charge in [-0.15, -0.1) is 0 Å². The van der Waals surface area contributed by atoms with Crippen molar-refractivity contribution in [3.05, 3.63) is 47.8 Å². The number of aryl methyl sites for hydroxylation is 1. The first-order valence-corrected chi connectivity index (χ1v) is 8.02. The van der Waals surface area contributed by atoms with Crippen LogP contribution in [0.3, 0.4) is 0 Å². The molecule has 1 saturated heterocycles. The van der Waals surface area contributed by atoms with Crippen LogP contribution in [0.2, 0.25) is 0 Å². The van der Waals surface area contributed by atoms with Crippen LogP contribution in [0.4, 0.5) is 5.95 Å². The van der Waals surface area contributed by atoms with E-state index in [0.717, 1.165) is 23.4 Å². The summed E-state index contributed by atoms with van der Waals surface area (Å²) in [5.41, 5.74) is 2.89. The van der Waals surface area contributed by atoms with Gasteiger partial charge in [0.15, 0.2) is 0 Å². The number of H-pyrrole nitrogens is 1. The van der Waals surface area contributed by atoms with E-state index in [1.165, 1.54) is 0 Å². The Morgan fingerprint density at radius 3 is 2.88 bits per heavy atom. The highest BCUT2D eigenvalue weighted by atomic mass is 16.5. The number of aliphatic hydroxyl groups excluding tert-OH is 1. The molecule has 3 aromatic rings. The van der Waals surface area contributed by atoms with Gasteiger partial charge < -0.3 is 14.5 Å². The van der Waals surface area contributed by atoms with E-state index < -0.39 is 6.10 Å². The molecule has 1 fully saturated rings. The highest BCUT2D eigenvalue weighted by Crippen LogP contribution is 2.26. The van der Waals surface area contributed by atoms with Crippen molar-refractivity contribution in [1.29, 1.82) is 0 Å². The van der Waals surface area contributed by atoms with Crippen LogP contribution in [0.1, 0.15) is 11.4 Å². The maximum Gasteiger partial charge on any atom is 0.266 e. The minimum absolute atomic E-state index is 0.103. The summed E-state index contributed by atoms with van der Waals surface area (Å²) >= 11 is 0. The molecule has 0 unspecified atom stereocenters. The molecule has 1 aliphatic heterocycles. The number of aromatic amines is 1. The molecule has 0 aliphatic carbocycles. The molecule has 3 heterocycles. The number of anilines is 1. The van der Waals surface area contributed by atoms with Crippen molar-refractivity contribution in [2.75, 3.05) is 18.0 Å². The predicted octanol–water partition coefficient (Wildman–Crippen LogP) is 1.81. The number of aromatic nitrogens is 4. The van der Waals surface area contributed by atoms with Gasteiger partial charge >= 0.3 is 0 Å². The third-order valence-electron chi connectivity index (χ3n) is 4.36. The average Bonchev–Trinajstić information content (AvgIpc) is 3.30. The highest BCUT2D eigenvalue weighted by Gasteiger charge is 2.34. The summed E-state index contributed by atoms with van der Waals surface area (Å²) in [7, 11) is 0. The Hall–Kier alpha value is -2.67. The van der Waals surface area contributed by atoms with Crippen molar-refractivity contribution in [2.45, 2.75) is 19.4 Å². The number of rotatable bonds is 4. The molecule has 24 heavy (non-hydrogen) atoms. The van der Waals surface area contributed by atoms with E-state index in [0.29, 0.717) is 24.9 Å². The van der Waals surface area contributed by atoms with Crippen molar-refractivity contribution in [3.8, 4) is 11.5 Å². The van der Waals surface area contributed by atoms with Crippen molar-refractivity contribution < 1.29 is 9.63 Å². The number of nitrogens with zero attached hydrogens (tertiary/aromatic N) is 4. The van der Waals surface area contributed by atoms with E-state index in [1.54, 1.807) is 0 Å². The summed E-state index contributed by atoms with van der Waals surface area (Å²) in [6.45, 7) is 3.15. The molecule has 2 aromatic heterocycles. The molecule has 0 amide bonds. The fourth-order valence-electron chi connectivity index (χ4n) is 3.11. The van der Waals surface area contributed by atoms with Crippen molar-refractivity contribution in [3.63, 3.8) is 0 Å². The van der Waals surface area contributed by atoms with Gasteiger partial charge in [-0.2, -0.15) is 10.1 Å². The van der Waals surface area contributed by atoms with Crippen molar-refractivity contribution in [1.82, 2.24) is 20.3 Å². The van der Waals surface area contributed by atoms with Crippen LogP contribution in [-0.2, 0) is 6.42 Å². The third-order valence-corrected chi connectivity index (χ3v) is 4.36. The van der Waals surface area contributed by atoms with E-state index in [4.69, 9.17) is 4.52 Å². The summed E-state index contributed by atoms with van der Waals surface area (Å²) in [5.74, 6) is 1.12. The fourth-order valence-corrected chi connectivity index (χ4v) is 3.11. The lowest BCUT2D eigenvalue weighted by atomic mass is 10.0. The molecule has 2 N–H and O–H groups in total. The second-order valence-corrected chi connectivity index (χ2v) is 6.24. The summed E-state index contributed by atoms with van der Waals surface area (Å²) in [4.78, 5) is 6.42. The number of aliphatic hydroxyl groups is 1. The van der Waals surface area contributed by atoms with E-state index in [2.05, 4.69) is 20.3 Å². The quantitative estimate of drug-likeness (QED) is 0.760. The Bertz CT molecular complexity index is 813.